The third kappa shape index (κ3) is 3.85. The summed E-state index contributed by atoms with van der Waals surface area (Å²) in [5.41, 5.74) is 5.45. The predicted octanol–water partition coefficient (Wildman–Crippen LogP) is 3.88. The number of nitrogens with zero attached hydrogens (tertiary/aromatic N) is 5. The van der Waals surface area contributed by atoms with Crippen molar-refractivity contribution in [2.45, 2.75) is 6.61 Å². The number of hydrogen-bond acceptors (Lipinski definition) is 6. The fourth-order valence-corrected chi connectivity index (χ4v) is 4.42. The molecule has 0 amide bonds. The number of rotatable bonds is 5. The number of hydrogen-bond donors (Lipinski definition) is 1. The predicted molar refractivity (Wildman–Crippen MR) is 127 cm³/mol. The van der Waals surface area contributed by atoms with Gasteiger partial charge in [0.2, 0.25) is 0 Å². The molecule has 0 radical (unpaired) electrons. The van der Waals surface area contributed by atoms with Gasteiger partial charge in [0.15, 0.2) is 0 Å². The molecule has 0 aliphatic carbocycles. The van der Waals surface area contributed by atoms with E-state index in [2.05, 4.69) is 33.0 Å². The summed E-state index contributed by atoms with van der Waals surface area (Å²) in [6, 6.07) is 11.9. The first-order valence-corrected chi connectivity index (χ1v) is 10.9. The van der Waals surface area contributed by atoms with Gasteiger partial charge in [-0.25, -0.2) is 4.98 Å². The zero-order valence-corrected chi connectivity index (χ0v) is 18.5. The number of halogens is 1. The minimum absolute atomic E-state index is 0.122. The number of anilines is 2. The van der Waals surface area contributed by atoms with Crippen LogP contribution in [0.4, 0.5) is 11.4 Å². The Morgan fingerprint density at radius 1 is 1.06 bits per heavy atom. The molecule has 3 aromatic heterocycles. The number of fused-ring (bicyclic) bond motifs is 1. The second kappa shape index (κ2) is 8.68. The quantitative estimate of drug-likeness (QED) is 0.499. The van der Waals surface area contributed by atoms with Crippen molar-refractivity contribution in [2.24, 2.45) is 0 Å². The van der Waals surface area contributed by atoms with Crippen LogP contribution in [-0.2, 0) is 6.61 Å². The van der Waals surface area contributed by atoms with E-state index in [0.717, 1.165) is 54.3 Å². The third-order valence-corrected chi connectivity index (χ3v) is 6.22. The number of imidazole rings is 1. The number of aliphatic hydroxyl groups excluding tert-OH is 1. The molecule has 0 spiro atoms. The molecule has 164 valence electrons. The Labute approximate surface area is 191 Å². The third-order valence-electron chi connectivity index (χ3n) is 5.92. The smallest absolute Gasteiger partial charge is 0.139 e. The Morgan fingerprint density at radius 2 is 1.84 bits per heavy atom. The number of aliphatic hydroxyl groups is 1. The van der Waals surface area contributed by atoms with Crippen molar-refractivity contribution in [3.8, 4) is 17.0 Å². The average Bonchev–Trinajstić information content (AvgIpc) is 3.28. The lowest BCUT2D eigenvalue weighted by Gasteiger charge is -2.37. The van der Waals surface area contributed by atoms with Crippen LogP contribution < -0.4 is 14.5 Å². The van der Waals surface area contributed by atoms with Gasteiger partial charge in [-0.05, 0) is 35.9 Å². The maximum absolute atomic E-state index is 9.84. The van der Waals surface area contributed by atoms with Crippen molar-refractivity contribution < 1.29 is 9.84 Å². The average molecular weight is 450 g/mol. The van der Waals surface area contributed by atoms with Gasteiger partial charge in [-0.3, -0.25) is 4.98 Å². The van der Waals surface area contributed by atoms with E-state index in [-0.39, 0.29) is 6.61 Å². The summed E-state index contributed by atoms with van der Waals surface area (Å²) in [7, 11) is 1.56. The maximum atomic E-state index is 9.84. The Hall–Kier alpha value is -3.29. The van der Waals surface area contributed by atoms with Gasteiger partial charge in [0.25, 0.3) is 0 Å². The molecule has 4 heterocycles. The van der Waals surface area contributed by atoms with Gasteiger partial charge in [0, 0.05) is 62.1 Å². The van der Waals surface area contributed by atoms with Gasteiger partial charge in [-0.15, -0.1) is 0 Å². The van der Waals surface area contributed by atoms with E-state index in [1.807, 2.05) is 29.1 Å². The molecule has 0 bridgehead atoms. The topological polar surface area (TPSA) is 66.1 Å². The number of piperazine rings is 1. The molecule has 1 N–H and O–H groups in total. The van der Waals surface area contributed by atoms with Crippen molar-refractivity contribution in [3.05, 3.63) is 71.8 Å². The highest BCUT2D eigenvalue weighted by Crippen LogP contribution is 2.34. The van der Waals surface area contributed by atoms with Gasteiger partial charge in [-0.2, -0.15) is 0 Å². The molecule has 1 aliphatic heterocycles. The Morgan fingerprint density at radius 3 is 2.53 bits per heavy atom. The van der Waals surface area contributed by atoms with Crippen molar-refractivity contribution >= 4 is 28.6 Å². The summed E-state index contributed by atoms with van der Waals surface area (Å²) < 4.78 is 7.26. The number of ether oxygens (including phenoxy) is 1. The molecule has 4 aromatic rings. The zero-order valence-electron chi connectivity index (χ0n) is 17.8. The van der Waals surface area contributed by atoms with Gasteiger partial charge in [-0.1, -0.05) is 11.6 Å². The van der Waals surface area contributed by atoms with Crippen LogP contribution in [0, 0.1) is 0 Å². The molecule has 1 fully saturated rings. The monoisotopic (exact) mass is 449 g/mol. The molecule has 32 heavy (non-hydrogen) atoms. The van der Waals surface area contributed by atoms with Crippen LogP contribution in [0.5, 0.6) is 5.75 Å². The van der Waals surface area contributed by atoms with Crippen LogP contribution in [0.1, 0.15) is 5.56 Å². The van der Waals surface area contributed by atoms with Crippen molar-refractivity contribution in [1.82, 2.24) is 14.4 Å². The van der Waals surface area contributed by atoms with Crippen LogP contribution in [0.3, 0.4) is 0 Å². The molecule has 0 atom stereocenters. The lowest BCUT2D eigenvalue weighted by molar-refractivity contribution is 0.281. The van der Waals surface area contributed by atoms with E-state index < -0.39 is 0 Å². The first-order valence-electron chi connectivity index (χ1n) is 10.5. The van der Waals surface area contributed by atoms with Crippen LogP contribution >= 0.6 is 11.6 Å². The van der Waals surface area contributed by atoms with Crippen molar-refractivity contribution in [1.29, 1.82) is 0 Å². The molecule has 1 aliphatic rings. The van der Waals surface area contributed by atoms with Gasteiger partial charge < -0.3 is 24.0 Å². The molecule has 0 saturated carbocycles. The van der Waals surface area contributed by atoms with E-state index in [4.69, 9.17) is 21.3 Å². The van der Waals surface area contributed by atoms with E-state index in [0.29, 0.717) is 10.8 Å². The summed E-state index contributed by atoms with van der Waals surface area (Å²) in [5.74, 6) is 0.538. The summed E-state index contributed by atoms with van der Waals surface area (Å²) >= 11 is 6.33. The summed E-state index contributed by atoms with van der Waals surface area (Å²) in [6.45, 7) is 3.63. The fraction of sp³-hybridized carbons (Fsp3) is 0.250. The molecule has 1 aromatic carbocycles. The van der Waals surface area contributed by atoms with Gasteiger partial charge >= 0.3 is 0 Å². The minimum Gasteiger partial charge on any atom is -0.495 e. The minimum atomic E-state index is -0.122. The second-order valence-corrected chi connectivity index (χ2v) is 8.17. The van der Waals surface area contributed by atoms with Crippen LogP contribution in [-0.4, -0.2) is 52.8 Å². The number of benzene rings is 1. The molecular weight excluding hydrogens is 426 g/mol. The van der Waals surface area contributed by atoms with Crippen LogP contribution in [0.2, 0.25) is 5.02 Å². The highest BCUT2D eigenvalue weighted by molar-refractivity contribution is 6.32. The van der Waals surface area contributed by atoms with Crippen molar-refractivity contribution in [2.75, 3.05) is 43.1 Å². The summed E-state index contributed by atoms with van der Waals surface area (Å²) in [5, 5.41) is 10.3. The SMILES string of the molecule is COc1cc(CO)c(-c2cn3ccc(N4CCN(c5cccnc5)CC4)cc3n2)cc1Cl. The molecule has 0 unspecified atom stereocenters. The standard InChI is InChI=1S/C24H24ClN5O2/c1-32-23-11-17(16-31)20(13-21(23)25)22-15-30-6-4-18(12-24(30)27-22)28-7-9-29(10-8-28)19-3-2-5-26-14-19/h2-6,11-15,31H,7-10,16H2,1H3. The first-order chi connectivity index (χ1) is 15.7. The molecule has 8 heteroatoms. The highest BCUT2D eigenvalue weighted by atomic mass is 35.5. The normalized spacial score (nSPS) is 14.2. The molecular formula is C24H24ClN5O2. The van der Waals surface area contributed by atoms with E-state index in [1.54, 1.807) is 25.4 Å². The Balaban J connectivity index is 1.39. The lowest BCUT2D eigenvalue weighted by Crippen LogP contribution is -2.46. The molecule has 5 rings (SSSR count). The Kier molecular flexibility index (Phi) is 5.59. The van der Waals surface area contributed by atoms with E-state index in [1.165, 1.54) is 5.69 Å². The fourth-order valence-electron chi connectivity index (χ4n) is 4.18. The molecule has 1 saturated heterocycles. The second-order valence-electron chi connectivity index (χ2n) is 7.76. The number of aromatic nitrogens is 3. The number of methoxy groups -OCH3 is 1. The molecule has 7 nitrogen and oxygen atoms in total. The van der Waals surface area contributed by atoms with Crippen molar-refractivity contribution in [3.63, 3.8) is 0 Å². The van der Waals surface area contributed by atoms with Crippen LogP contribution in [0.25, 0.3) is 16.9 Å². The van der Waals surface area contributed by atoms with E-state index in [9.17, 15) is 5.11 Å². The maximum Gasteiger partial charge on any atom is 0.139 e. The van der Waals surface area contributed by atoms with Crippen LogP contribution in [0.15, 0.2) is 61.2 Å². The van der Waals surface area contributed by atoms with Gasteiger partial charge in [0.05, 0.1) is 36.3 Å². The number of pyridine rings is 2. The van der Waals surface area contributed by atoms with Gasteiger partial charge in [0.1, 0.15) is 11.4 Å². The highest BCUT2D eigenvalue weighted by Gasteiger charge is 2.19. The Bertz CT molecular complexity index is 1240. The zero-order chi connectivity index (χ0) is 22.1. The summed E-state index contributed by atoms with van der Waals surface area (Å²) in [4.78, 5) is 13.8. The largest absolute Gasteiger partial charge is 0.495 e. The first kappa shape index (κ1) is 20.6. The van der Waals surface area contributed by atoms with E-state index >= 15 is 0 Å². The lowest BCUT2D eigenvalue weighted by atomic mass is 10.1. The summed E-state index contributed by atoms with van der Waals surface area (Å²) in [6.07, 6.45) is 7.70.